The lowest BCUT2D eigenvalue weighted by Gasteiger charge is -2.25. The lowest BCUT2D eigenvalue weighted by atomic mass is 10.0. The molecule has 122 valence electrons. The maximum absolute atomic E-state index is 12.0. The average molecular weight is 304 g/mol. The third kappa shape index (κ3) is 5.17. The first kappa shape index (κ1) is 18.2. The summed E-state index contributed by atoms with van der Waals surface area (Å²) in [5.74, 6) is -0.0291. The number of hydrogen-bond donors (Lipinski definition) is 1. The molecule has 0 aliphatic rings. The second-order valence-corrected chi connectivity index (χ2v) is 5.87. The van der Waals surface area contributed by atoms with Gasteiger partial charge in [0.05, 0.1) is 0 Å². The Morgan fingerprint density at radius 3 is 2.23 bits per heavy atom. The SMILES string of the molecule is CCCCNC(=O)CCN(C(C)=O)c1c(C)cc(C)cc1C. The standard InChI is InChI=1S/C18H28N2O2/c1-6-7-9-19-17(22)8-10-20(16(5)21)18-14(3)11-13(2)12-15(18)4/h11-12H,6-10H2,1-5H3,(H,19,22). The van der Waals surface area contributed by atoms with Gasteiger partial charge in [-0.15, -0.1) is 0 Å². The molecular formula is C18H28N2O2. The summed E-state index contributed by atoms with van der Waals surface area (Å²) in [6.45, 7) is 10.8. The van der Waals surface area contributed by atoms with E-state index in [0.717, 1.165) is 29.7 Å². The van der Waals surface area contributed by atoms with Crippen LogP contribution < -0.4 is 10.2 Å². The van der Waals surface area contributed by atoms with Crippen LogP contribution in [0.3, 0.4) is 0 Å². The van der Waals surface area contributed by atoms with Gasteiger partial charge in [0, 0.05) is 32.1 Å². The highest BCUT2D eigenvalue weighted by molar-refractivity contribution is 5.94. The van der Waals surface area contributed by atoms with Crippen LogP contribution in [0.4, 0.5) is 5.69 Å². The molecule has 4 nitrogen and oxygen atoms in total. The van der Waals surface area contributed by atoms with E-state index in [2.05, 4.69) is 24.4 Å². The van der Waals surface area contributed by atoms with Crippen molar-refractivity contribution in [1.29, 1.82) is 0 Å². The Kier molecular flexibility index (Phi) is 7.09. The van der Waals surface area contributed by atoms with E-state index in [1.54, 1.807) is 11.8 Å². The molecule has 1 aromatic carbocycles. The summed E-state index contributed by atoms with van der Waals surface area (Å²) < 4.78 is 0. The molecule has 0 saturated heterocycles. The minimum absolute atomic E-state index is 0.00196. The molecule has 1 N–H and O–H groups in total. The predicted molar refractivity (Wildman–Crippen MR) is 91.2 cm³/mol. The molecule has 0 unspecified atom stereocenters. The first-order valence-electron chi connectivity index (χ1n) is 7.99. The smallest absolute Gasteiger partial charge is 0.223 e. The number of carbonyl (C=O) groups is 2. The maximum atomic E-state index is 12.0. The molecule has 0 heterocycles. The molecule has 0 fully saturated rings. The third-order valence-corrected chi connectivity index (χ3v) is 3.70. The van der Waals surface area contributed by atoms with Crippen molar-refractivity contribution in [3.8, 4) is 0 Å². The summed E-state index contributed by atoms with van der Waals surface area (Å²) in [7, 11) is 0. The number of unbranched alkanes of at least 4 members (excludes halogenated alkanes) is 1. The minimum Gasteiger partial charge on any atom is -0.356 e. The highest BCUT2D eigenvalue weighted by Crippen LogP contribution is 2.26. The van der Waals surface area contributed by atoms with Crippen LogP contribution in [-0.2, 0) is 9.59 Å². The summed E-state index contributed by atoms with van der Waals surface area (Å²) in [5.41, 5.74) is 4.25. The average Bonchev–Trinajstić information content (AvgIpc) is 2.41. The van der Waals surface area contributed by atoms with E-state index < -0.39 is 0 Å². The number of nitrogens with zero attached hydrogens (tertiary/aromatic N) is 1. The second kappa shape index (κ2) is 8.57. The fourth-order valence-electron chi connectivity index (χ4n) is 2.73. The van der Waals surface area contributed by atoms with Gasteiger partial charge in [-0.1, -0.05) is 31.0 Å². The Morgan fingerprint density at radius 2 is 1.73 bits per heavy atom. The quantitative estimate of drug-likeness (QED) is 0.786. The first-order valence-corrected chi connectivity index (χ1v) is 7.99. The first-order chi connectivity index (χ1) is 10.4. The second-order valence-electron chi connectivity index (χ2n) is 5.87. The van der Waals surface area contributed by atoms with Crippen molar-refractivity contribution >= 4 is 17.5 Å². The molecule has 2 amide bonds. The van der Waals surface area contributed by atoms with E-state index in [-0.39, 0.29) is 11.8 Å². The van der Waals surface area contributed by atoms with E-state index >= 15 is 0 Å². The van der Waals surface area contributed by atoms with E-state index in [1.165, 1.54) is 5.56 Å². The summed E-state index contributed by atoms with van der Waals surface area (Å²) in [5, 5.41) is 2.89. The number of nitrogens with one attached hydrogen (secondary N) is 1. The number of rotatable bonds is 7. The van der Waals surface area contributed by atoms with E-state index in [0.29, 0.717) is 19.5 Å². The highest BCUT2D eigenvalue weighted by Gasteiger charge is 2.17. The van der Waals surface area contributed by atoms with Gasteiger partial charge in [-0.05, 0) is 38.3 Å². The number of amides is 2. The van der Waals surface area contributed by atoms with Crippen LogP contribution in [0.5, 0.6) is 0 Å². The van der Waals surface area contributed by atoms with Gasteiger partial charge < -0.3 is 10.2 Å². The Bertz CT molecular complexity index is 515. The predicted octanol–water partition coefficient (Wildman–Crippen LogP) is 3.27. The van der Waals surface area contributed by atoms with Crippen molar-refractivity contribution in [2.45, 2.75) is 53.9 Å². The monoisotopic (exact) mass is 304 g/mol. The molecule has 4 heteroatoms. The van der Waals surface area contributed by atoms with Gasteiger partial charge in [0.25, 0.3) is 0 Å². The van der Waals surface area contributed by atoms with Crippen LogP contribution in [-0.4, -0.2) is 24.9 Å². The van der Waals surface area contributed by atoms with Gasteiger partial charge in [-0.2, -0.15) is 0 Å². The zero-order valence-electron chi connectivity index (χ0n) is 14.5. The molecule has 0 aliphatic heterocycles. The number of benzene rings is 1. The topological polar surface area (TPSA) is 49.4 Å². The Morgan fingerprint density at radius 1 is 1.14 bits per heavy atom. The molecule has 22 heavy (non-hydrogen) atoms. The normalized spacial score (nSPS) is 10.4. The minimum atomic E-state index is -0.0311. The van der Waals surface area contributed by atoms with Gasteiger partial charge in [0.15, 0.2) is 0 Å². The molecule has 0 saturated carbocycles. The molecule has 0 atom stereocenters. The van der Waals surface area contributed by atoms with Crippen molar-refractivity contribution in [1.82, 2.24) is 5.32 Å². The van der Waals surface area contributed by atoms with Crippen molar-refractivity contribution in [2.24, 2.45) is 0 Å². The Labute approximate surface area is 133 Å². The number of hydrogen-bond acceptors (Lipinski definition) is 2. The molecule has 0 aromatic heterocycles. The van der Waals surface area contributed by atoms with Crippen LogP contribution in [0.25, 0.3) is 0 Å². The Hall–Kier alpha value is -1.84. The maximum Gasteiger partial charge on any atom is 0.223 e. The zero-order chi connectivity index (χ0) is 16.7. The van der Waals surface area contributed by atoms with Crippen LogP contribution >= 0.6 is 0 Å². The van der Waals surface area contributed by atoms with E-state index in [9.17, 15) is 9.59 Å². The third-order valence-electron chi connectivity index (χ3n) is 3.70. The number of anilines is 1. The van der Waals surface area contributed by atoms with Gasteiger partial charge in [-0.3, -0.25) is 9.59 Å². The Balaban J connectivity index is 2.79. The molecular weight excluding hydrogens is 276 g/mol. The molecule has 0 aliphatic carbocycles. The molecule has 0 spiro atoms. The van der Waals surface area contributed by atoms with Crippen LogP contribution in [0.1, 0.15) is 49.8 Å². The van der Waals surface area contributed by atoms with E-state index in [4.69, 9.17) is 0 Å². The summed E-state index contributed by atoms with van der Waals surface area (Å²) in [6, 6.07) is 4.14. The fourth-order valence-corrected chi connectivity index (χ4v) is 2.73. The molecule has 1 rings (SSSR count). The number of carbonyl (C=O) groups excluding carboxylic acids is 2. The lowest BCUT2D eigenvalue weighted by molar-refractivity contribution is -0.121. The van der Waals surface area contributed by atoms with Crippen molar-refractivity contribution in [3.05, 3.63) is 28.8 Å². The van der Waals surface area contributed by atoms with Gasteiger partial charge >= 0.3 is 0 Å². The molecule has 0 radical (unpaired) electrons. The largest absolute Gasteiger partial charge is 0.356 e. The van der Waals surface area contributed by atoms with Gasteiger partial charge in [-0.25, -0.2) is 0 Å². The summed E-state index contributed by atoms with van der Waals surface area (Å²) >= 11 is 0. The fraction of sp³-hybridized carbons (Fsp3) is 0.556. The van der Waals surface area contributed by atoms with E-state index in [1.807, 2.05) is 20.8 Å². The van der Waals surface area contributed by atoms with Crippen LogP contribution in [0, 0.1) is 20.8 Å². The van der Waals surface area contributed by atoms with Gasteiger partial charge in [0.2, 0.25) is 11.8 Å². The molecule has 0 bridgehead atoms. The lowest BCUT2D eigenvalue weighted by Crippen LogP contribution is -2.35. The zero-order valence-corrected chi connectivity index (χ0v) is 14.5. The number of aryl methyl sites for hydroxylation is 3. The summed E-state index contributed by atoms with van der Waals surface area (Å²) in [6.07, 6.45) is 2.37. The van der Waals surface area contributed by atoms with Gasteiger partial charge in [0.1, 0.15) is 0 Å². The van der Waals surface area contributed by atoms with Crippen LogP contribution in [0.15, 0.2) is 12.1 Å². The van der Waals surface area contributed by atoms with Crippen LogP contribution in [0.2, 0.25) is 0 Å². The van der Waals surface area contributed by atoms with Crippen molar-refractivity contribution < 1.29 is 9.59 Å². The van der Waals surface area contributed by atoms with Crippen molar-refractivity contribution in [3.63, 3.8) is 0 Å². The molecule has 1 aromatic rings. The highest BCUT2D eigenvalue weighted by atomic mass is 16.2. The van der Waals surface area contributed by atoms with Crippen molar-refractivity contribution in [2.75, 3.05) is 18.0 Å². The summed E-state index contributed by atoms with van der Waals surface area (Å²) in [4.78, 5) is 25.6.